The summed E-state index contributed by atoms with van der Waals surface area (Å²) in [6.45, 7) is 4.09. The van der Waals surface area contributed by atoms with E-state index in [1.54, 1.807) is 19.1 Å². The number of anilines is 1. The van der Waals surface area contributed by atoms with E-state index in [2.05, 4.69) is 6.07 Å². The summed E-state index contributed by atoms with van der Waals surface area (Å²) < 4.78 is 34.4. The molecule has 2 N–H and O–H groups in total. The van der Waals surface area contributed by atoms with Crippen molar-refractivity contribution in [2.45, 2.75) is 26.2 Å². The number of hydrogen-bond acceptors (Lipinski definition) is 5. The smallest absolute Gasteiger partial charge is 0.265 e. The number of benzene rings is 2. The molecule has 29 heavy (non-hydrogen) atoms. The van der Waals surface area contributed by atoms with E-state index in [0.29, 0.717) is 16.8 Å². The summed E-state index contributed by atoms with van der Waals surface area (Å²) in [6, 6.07) is 16.8. The van der Waals surface area contributed by atoms with E-state index < -0.39 is 15.9 Å². The number of fused-ring (bicyclic) bond motifs is 2. The molecule has 0 bridgehead atoms. The maximum atomic E-state index is 13.6. The molecule has 0 spiro atoms. The van der Waals surface area contributed by atoms with Crippen LogP contribution in [0.5, 0.6) is 0 Å². The van der Waals surface area contributed by atoms with Crippen LogP contribution in [0.4, 0.5) is 5.69 Å². The van der Waals surface area contributed by atoms with Crippen molar-refractivity contribution in [1.82, 2.24) is 0 Å². The standard InChI is InChI=1S/C22H21N3O3S/c1-3-14-9-11-15(12-10-14)19-17(13-23)22(24)28-20-16-7-5-6-8-18(16)25(4-2)29(26,27)21(19)20/h5-12,19H,3-4,24H2,1-2H3/t19-/m0/s1. The molecule has 7 heteroatoms. The van der Waals surface area contributed by atoms with Crippen molar-refractivity contribution < 1.29 is 13.2 Å². The molecule has 2 aliphatic heterocycles. The number of aryl methyl sites for hydroxylation is 1. The maximum Gasteiger partial charge on any atom is 0.265 e. The van der Waals surface area contributed by atoms with Gasteiger partial charge in [-0.1, -0.05) is 43.3 Å². The van der Waals surface area contributed by atoms with Crippen LogP contribution in [-0.4, -0.2) is 15.0 Å². The third-order valence-electron chi connectivity index (χ3n) is 5.37. The largest absolute Gasteiger partial charge is 0.439 e. The molecule has 2 aromatic rings. The van der Waals surface area contributed by atoms with Crippen LogP contribution in [0.1, 0.15) is 36.5 Å². The molecule has 0 radical (unpaired) electrons. The Hall–Kier alpha value is -3.24. The average Bonchev–Trinajstić information content (AvgIpc) is 2.73. The van der Waals surface area contributed by atoms with Crippen molar-refractivity contribution in [2.24, 2.45) is 5.73 Å². The molecule has 0 unspecified atom stereocenters. The van der Waals surface area contributed by atoms with Gasteiger partial charge in [-0.3, -0.25) is 4.31 Å². The first kappa shape index (κ1) is 19.1. The van der Waals surface area contributed by atoms with Gasteiger partial charge in [0.1, 0.15) is 16.5 Å². The van der Waals surface area contributed by atoms with E-state index in [4.69, 9.17) is 10.5 Å². The normalized spacial score (nSPS) is 19.9. The molecule has 148 valence electrons. The van der Waals surface area contributed by atoms with E-state index in [0.717, 1.165) is 12.0 Å². The maximum absolute atomic E-state index is 13.6. The highest BCUT2D eigenvalue weighted by atomic mass is 32.2. The van der Waals surface area contributed by atoms with Gasteiger partial charge < -0.3 is 10.5 Å². The summed E-state index contributed by atoms with van der Waals surface area (Å²) in [6.07, 6.45) is 0.861. The van der Waals surface area contributed by atoms with Crippen molar-refractivity contribution in [3.8, 4) is 6.07 Å². The van der Waals surface area contributed by atoms with Crippen molar-refractivity contribution in [3.05, 3.63) is 81.6 Å². The first-order valence-corrected chi connectivity index (χ1v) is 10.9. The lowest BCUT2D eigenvalue weighted by Crippen LogP contribution is -2.39. The minimum Gasteiger partial charge on any atom is -0.439 e. The highest BCUT2D eigenvalue weighted by Gasteiger charge is 2.46. The predicted molar refractivity (Wildman–Crippen MR) is 112 cm³/mol. The number of hydrogen-bond donors (Lipinski definition) is 1. The van der Waals surface area contributed by atoms with E-state index in [9.17, 15) is 13.7 Å². The van der Waals surface area contributed by atoms with Gasteiger partial charge in [0, 0.05) is 12.1 Å². The molecule has 0 saturated carbocycles. The minimum atomic E-state index is -3.92. The van der Waals surface area contributed by atoms with Gasteiger partial charge in [-0.2, -0.15) is 5.26 Å². The Morgan fingerprint density at radius 1 is 1.14 bits per heavy atom. The van der Waals surface area contributed by atoms with Crippen molar-refractivity contribution >= 4 is 21.5 Å². The Bertz CT molecular complexity index is 1190. The molecule has 0 aliphatic carbocycles. The van der Waals surface area contributed by atoms with Gasteiger partial charge in [-0.05, 0) is 36.6 Å². The first-order valence-electron chi connectivity index (χ1n) is 9.46. The van der Waals surface area contributed by atoms with Crippen LogP contribution in [0.2, 0.25) is 0 Å². The van der Waals surface area contributed by atoms with Gasteiger partial charge in [0.2, 0.25) is 5.88 Å². The van der Waals surface area contributed by atoms with Crippen LogP contribution in [0.3, 0.4) is 0 Å². The van der Waals surface area contributed by atoms with E-state index in [-0.39, 0.29) is 28.7 Å². The second-order valence-corrected chi connectivity index (χ2v) is 8.73. The van der Waals surface area contributed by atoms with Crippen molar-refractivity contribution in [2.75, 3.05) is 10.8 Å². The molecule has 2 heterocycles. The summed E-state index contributed by atoms with van der Waals surface area (Å²) in [5.74, 6) is -0.681. The third-order valence-corrected chi connectivity index (χ3v) is 7.38. The zero-order chi connectivity index (χ0) is 20.8. The lowest BCUT2D eigenvalue weighted by atomic mass is 9.87. The van der Waals surface area contributed by atoms with Gasteiger partial charge in [-0.25, -0.2) is 8.42 Å². The van der Waals surface area contributed by atoms with Gasteiger partial charge in [0.05, 0.1) is 11.6 Å². The molecule has 0 aromatic heterocycles. The number of sulfonamides is 1. The third kappa shape index (κ3) is 2.79. The monoisotopic (exact) mass is 407 g/mol. The highest BCUT2D eigenvalue weighted by Crippen LogP contribution is 2.50. The fourth-order valence-electron chi connectivity index (χ4n) is 3.93. The van der Waals surface area contributed by atoms with Crippen LogP contribution in [0.15, 0.2) is 64.9 Å². The van der Waals surface area contributed by atoms with Crippen LogP contribution in [0, 0.1) is 11.3 Å². The van der Waals surface area contributed by atoms with E-state index in [1.807, 2.05) is 43.3 Å². The average molecular weight is 407 g/mol. The minimum absolute atomic E-state index is 0.0630. The molecule has 0 saturated heterocycles. The second-order valence-electron chi connectivity index (χ2n) is 6.90. The molecular formula is C22H21N3O3S. The van der Waals surface area contributed by atoms with E-state index >= 15 is 0 Å². The van der Waals surface area contributed by atoms with Crippen LogP contribution in [0.25, 0.3) is 5.76 Å². The van der Waals surface area contributed by atoms with Gasteiger partial charge in [0.25, 0.3) is 10.0 Å². The molecule has 6 nitrogen and oxygen atoms in total. The number of allylic oxidation sites excluding steroid dienone is 2. The van der Waals surface area contributed by atoms with Crippen LogP contribution >= 0.6 is 0 Å². The number of ether oxygens (including phenoxy) is 1. The van der Waals surface area contributed by atoms with Gasteiger partial charge in [-0.15, -0.1) is 0 Å². The molecule has 2 aliphatic rings. The number of rotatable bonds is 3. The zero-order valence-electron chi connectivity index (χ0n) is 16.2. The topological polar surface area (TPSA) is 96.4 Å². The summed E-state index contributed by atoms with van der Waals surface area (Å²) in [5, 5.41) is 9.77. The summed E-state index contributed by atoms with van der Waals surface area (Å²) >= 11 is 0. The summed E-state index contributed by atoms with van der Waals surface area (Å²) in [5.41, 5.74) is 9.19. The Kier molecular flexibility index (Phi) is 4.59. The van der Waals surface area contributed by atoms with Crippen molar-refractivity contribution in [3.63, 3.8) is 0 Å². The number of nitrogens with two attached hydrogens (primary N) is 1. The van der Waals surface area contributed by atoms with Crippen LogP contribution < -0.4 is 10.0 Å². The molecule has 0 fully saturated rings. The lowest BCUT2D eigenvalue weighted by Gasteiger charge is -2.37. The SMILES string of the molecule is CCc1ccc([C@H]2C(C#N)=C(N)OC3=C2S(=O)(=O)N(CC)c2ccccc23)cc1. The quantitative estimate of drug-likeness (QED) is 0.839. The van der Waals surface area contributed by atoms with Crippen LogP contribution in [-0.2, 0) is 21.2 Å². The molecule has 2 aromatic carbocycles. The highest BCUT2D eigenvalue weighted by molar-refractivity contribution is 7.97. The lowest BCUT2D eigenvalue weighted by molar-refractivity contribution is 0.357. The Balaban J connectivity index is 2.03. The van der Waals surface area contributed by atoms with Gasteiger partial charge in [0.15, 0.2) is 5.76 Å². The van der Waals surface area contributed by atoms with Crippen molar-refractivity contribution in [1.29, 1.82) is 5.26 Å². The Morgan fingerprint density at radius 3 is 2.45 bits per heavy atom. The number of nitrogens with zero attached hydrogens (tertiary/aromatic N) is 2. The summed E-state index contributed by atoms with van der Waals surface area (Å²) in [7, 11) is -3.92. The number of para-hydroxylation sites is 1. The first-order chi connectivity index (χ1) is 13.9. The zero-order valence-corrected chi connectivity index (χ0v) is 17.0. The fourth-order valence-corrected chi connectivity index (χ4v) is 5.86. The van der Waals surface area contributed by atoms with E-state index in [1.165, 1.54) is 4.31 Å². The predicted octanol–water partition coefficient (Wildman–Crippen LogP) is 3.60. The Morgan fingerprint density at radius 2 is 1.83 bits per heavy atom. The second kappa shape index (κ2) is 6.98. The molecule has 0 amide bonds. The number of nitriles is 1. The molecule has 1 atom stereocenters. The summed E-state index contributed by atoms with van der Waals surface area (Å²) in [4.78, 5) is 0.0630. The van der Waals surface area contributed by atoms with Gasteiger partial charge >= 0.3 is 0 Å². The molecular weight excluding hydrogens is 386 g/mol. The Labute approximate surface area is 170 Å². The molecule has 4 rings (SSSR count). The fraction of sp³-hybridized carbons (Fsp3) is 0.227.